The number of fused-ring (bicyclic) bond motifs is 2. The van der Waals surface area contributed by atoms with Gasteiger partial charge in [-0.2, -0.15) is 0 Å². The van der Waals surface area contributed by atoms with Crippen molar-refractivity contribution in [2.45, 2.75) is 52.4 Å². The lowest BCUT2D eigenvalue weighted by Crippen LogP contribution is -2.16. The van der Waals surface area contributed by atoms with Gasteiger partial charge in [0.25, 0.3) is 0 Å². The molecule has 0 spiro atoms. The molecule has 0 radical (unpaired) electrons. The highest BCUT2D eigenvalue weighted by Gasteiger charge is 2.36. The Balaban J connectivity index is 2.19. The van der Waals surface area contributed by atoms with Crippen molar-refractivity contribution in [1.82, 2.24) is 0 Å². The number of rotatable bonds is 0. The third kappa shape index (κ3) is 1.69. The molecule has 0 saturated carbocycles. The quantitative estimate of drug-likeness (QED) is 0.681. The first-order chi connectivity index (χ1) is 8.39. The van der Waals surface area contributed by atoms with Crippen LogP contribution in [-0.4, -0.2) is 5.78 Å². The summed E-state index contributed by atoms with van der Waals surface area (Å²) in [5, 5.41) is 0. The van der Waals surface area contributed by atoms with Crippen molar-refractivity contribution in [3.05, 3.63) is 32.8 Å². The van der Waals surface area contributed by atoms with E-state index in [1.807, 2.05) is 0 Å². The van der Waals surface area contributed by atoms with Gasteiger partial charge in [0, 0.05) is 16.5 Å². The Morgan fingerprint density at radius 2 is 1.94 bits per heavy atom. The van der Waals surface area contributed by atoms with Crippen LogP contribution >= 0.6 is 15.9 Å². The smallest absolute Gasteiger partial charge is 0.163 e. The molecule has 0 aromatic heterocycles. The average molecular weight is 307 g/mol. The minimum atomic E-state index is 0.296. The Kier molecular flexibility index (Phi) is 2.71. The minimum absolute atomic E-state index is 0.296. The van der Waals surface area contributed by atoms with Crippen molar-refractivity contribution < 1.29 is 4.79 Å². The number of carbonyl (C=O) groups is 1. The number of aryl methyl sites for hydroxylation is 1. The number of halogens is 1. The van der Waals surface area contributed by atoms with E-state index in [-0.39, 0.29) is 0 Å². The van der Waals surface area contributed by atoms with Crippen LogP contribution in [-0.2, 0) is 12.8 Å². The van der Waals surface area contributed by atoms with Gasteiger partial charge < -0.3 is 0 Å². The molecule has 0 N–H and O–H groups in total. The summed E-state index contributed by atoms with van der Waals surface area (Å²) in [6.07, 6.45) is 3.95. The first kappa shape index (κ1) is 12.4. The predicted octanol–water partition coefficient (Wildman–Crippen LogP) is 4.65. The lowest BCUT2D eigenvalue weighted by Gasteiger charge is -2.29. The van der Waals surface area contributed by atoms with Crippen molar-refractivity contribution in [3.8, 4) is 0 Å². The second-order valence-electron chi connectivity index (χ2n) is 6.67. The van der Waals surface area contributed by atoms with Gasteiger partial charge in [-0.25, -0.2) is 0 Å². The van der Waals surface area contributed by atoms with Gasteiger partial charge in [0.1, 0.15) is 0 Å². The van der Waals surface area contributed by atoms with Crippen LogP contribution < -0.4 is 0 Å². The van der Waals surface area contributed by atoms with Crippen LogP contribution in [0.25, 0.3) is 0 Å². The van der Waals surface area contributed by atoms with Crippen molar-refractivity contribution in [3.63, 3.8) is 0 Å². The Bertz CT molecular complexity index is 537. The molecule has 1 unspecified atom stereocenters. The zero-order valence-corrected chi connectivity index (χ0v) is 12.9. The molecule has 2 heteroatoms. The van der Waals surface area contributed by atoms with E-state index >= 15 is 0 Å². The van der Waals surface area contributed by atoms with Gasteiger partial charge in [0.05, 0.1) is 0 Å². The molecular formula is C16H19BrO. The van der Waals surface area contributed by atoms with E-state index in [0.29, 0.717) is 23.5 Å². The minimum Gasteiger partial charge on any atom is -0.294 e. The molecule has 2 aliphatic rings. The largest absolute Gasteiger partial charge is 0.294 e. The molecule has 0 amide bonds. The fraction of sp³-hybridized carbons (Fsp3) is 0.562. The van der Waals surface area contributed by atoms with E-state index in [1.165, 1.54) is 27.6 Å². The molecule has 96 valence electrons. The standard InChI is InChI=1S/C16H19BrO/c1-16(2,3)12-6-4-9-8-11-10(5-7-13(11)18)15(17)14(9)12/h8,12H,4-7H2,1-3H3. The molecule has 0 heterocycles. The number of benzene rings is 1. The summed E-state index contributed by atoms with van der Waals surface area (Å²) in [6.45, 7) is 6.95. The van der Waals surface area contributed by atoms with Crippen molar-refractivity contribution >= 4 is 21.7 Å². The molecule has 3 rings (SSSR count). The maximum atomic E-state index is 11.9. The van der Waals surface area contributed by atoms with Gasteiger partial charge in [-0.3, -0.25) is 4.79 Å². The summed E-state index contributed by atoms with van der Waals surface area (Å²) >= 11 is 3.79. The Labute approximate surface area is 117 Å². The fourth-order valence-corrected chi connectivity index (χ4v) is 4.46. The van der Waals surface area contributed by atoms with E-state index in [0.717, 1.165) is 18.4 Å². The highest BCUT2D eigenvalue weighted by Crippen LogP contribution is 2.50. The lowest BCUT2D eigenvalue weighted by atomic mass is 9.77. The first-order valence-electron chi connectivity index (χ1n) is 6.77. The van der Waals surface area contributed by atoms with E-state index in [2.05, 4.69) is 42.8 Å². The highest BCUT2D eigenvalue weighted by atomic mass is 79.9. The SMILES string of the molecule is CC(C)(C)C1CCc2cc3c(c(Br)c21)CCC3=O. The second kappa shape index (κ2) is 3.93. The molecule has 1 atom stereocenters. The van der Waals surface area contributed by atoms with Gasteiger partial charge in [-0.15, -0.1) is 0 Å². The van der Waals surface area contributed by atoms with Crippen molar-refractivity contribution in [1.29, 1.82) is 0 Å². The average Bonchev–Trinajstić information content (AvgIpc) is 2.84. The number of hydrogen-bond acceptors (Lipinski definition) is 1. The fourth-order valence-electron chi connectivity index (χ4n) is 3.52. The van der Waals surface area contributed by atoms with Crippen LogP contribution in [0.15, 0.2) is 10.5 Å². The van der Waals surface area contributed by atoms with Crippen molar-refractivity contribution in [2.75, 3.05) is 0 Å². The molecule has 0 saturated heterocycles. The molecule has 0 bridgehead atoms. The zero-order valence-electron chi connectivity index (χ0n) is 11.3. The second-order valence-corrected chi connectivity index (χ2v) is 7.46. The third-order valence-electron chi connectivity index (χ3n) is 4.49. The molecule has 1 aromatic carbocycles. The molecule has 1 aromatic rings. The maximum Gasteiger partial charge on any atom is 0.163 e. The highest BCUT2D eigenvalue weighted by molar-refractivity contribution is 9.10. The van der Waals surface area contributed by atoms with Gasteiger partial charge in [0.2, 0.25) is 0 Å². The summed E-state index contributed by atoms with van der Waals surface area (Å²) < 4.78 is 1.23. The predicted molar refractivity (Wildman–Crippen MR) is 77.3 cm³/mol. The third-order valence-corrected chi connectivity index (χ3v) is 5.40. The van der Waals surface area contributed by atoms with Gasteiger partial charge in [-0.05, 0) is 53.4 Å². The molecular weight excluding hydrogens is 288 g/mol. The maximum absolute atomic E-state index is 11.9. The Hall–Kier alpha value is -0.630. The normalized spacial score (nSPS) is 22.2. The zero-order chi connectivity index (χ0) is 13.1. The summed E-state index contributed by atoms with van der Waals surface area (Å²) in [5.74, 6) is 0.940. The van der Waals surface area contributed by atoms with Crippen LogP contribution in [0.1, 0.15) is 66.6 Å². The van der Waals surface area contributed by atoms with Crippen LogP contribution in [0.5, 0.6) is 0 Å². The molecule has 0 aliphatic heterocycles. The van der Waals surface area contributed by atoms with E-state index in [4.69, 9.17) is 0 Å². The molecule has 0 fully saturated rings. The Morgan fingerprint density at radius 3 is 2.61 bits per heavy atom. The number of ketones is 1. The Morgan fingerprint density at radius 1 is 1.22 bits per heavy atom. The van der Waals surface area contributed by atoms with Crippen LogP contribution in [0.3, 0.4) is 0 Å². The van der Waals surface area contributed by atoms with Crippen molar-refractivity contribution in [2.24, 2.45) is 5.41 Å². The topological polar surface area (TPSA) is 17.1 Å². The molecule has 2 aliphatic carbocycles. The van der Waals surface area contributed by atoms with Crippen LogP contribution in [0.2, 0.25) is 0 Å². The molecule has 1 nitrogen and oxygen atoms in total. The summed E-state index contributed by atoms with van der Waals surface area (Å²) in [5.41, 5.74) is 5.42. The lowest BCUT2D eigenvalue weighted by molar-refractivity contribution is 0.0994. The number of Topliss-reactive ketones (excluding diaryl/α,β-unsaturated/α-hetero) is 1. The van der Waals surface area contributed by atoms with Gasteiger partial charge >= 0.3 is 0 Å². The van der Waals surface area contributed by atoms with E-state index in [9.17, 15) is 4.79 Å². The monoisotopic (exact) mass is 306 g/mol. The molecule has 18 heavy (non-hydrogen) atoms. The first-order valence-corrected chi connectivity index (χ1v) is 7.56. The summed E-state index contributed by atoms with van der Waals surface area (Å²) in [7, 11) is 0. The summed E-state index contributed by atoms with van der Waals surface area (Å²) in [4.78, 5) is 11.9. The number of carbonyl (C=O) groups excluding carboxylic acids is 1. The van der Waals surface area contributed by atoms with Crippen LogP contribution in [0.4, 0.5) is 0 Å². The van der Waals surface area contributed by atoms with Gasteiger partial charge in [0.15, 0.2) is 5.78 Å². The summed E-state index contributed by atoms with van der Waals surface area (Å²) in [6, 6.07) is 2.18. The van der Waals surface area contributed by atoms with E-state index in [1.54, 1.807) is 0 Å². The number of hydrogen-bond donors (Lipinski definition) is 0. The van der Waals surface area contributed by atoms with E-state index < -0.39 is 0 Å². The van der Waals surface area contributed by atoms with Gasteiger partial charge in [-0.1, -0.05) is 36.7 Å². The van der Waals surface area contributed by atoms with Crippen LogP contribution in [0, 0.1) is 5.41 Å².